The van der Waals surface area contributed by atoms with Crippen LogP contribution in [0.2, 0.25) is 0 Å². The topological polar surface area (TPSA) is 52.6 Å². The highest BCUT2D eigenvalue weighted by Gasteiger charge is 2.01. The fourth-order valence-electron chi connectivity index (χ4n) is 3.18. The maximum atomic E-state index is 11.2. The van der Waals surface area contributed by atoms with Gasteiger partial charge in [-0.1, -0.05) is 63.5 Å². The van der Waals surface area contributed by atoms with Gasteiger partial charge in [-0.3, -0.25) is 9.59 Å². The summed E-state index contributed by atoms with van der Waals surface area (Å²) in [5, 5.41) is 0. The Morgan fingerprint density at radius 3 is 1.21 bits per heavy atom. The van der Waals surface area contributed by atoms with Crippen molar-refractivity contribution >= 4 is 11.9 Å². The van der Waals surface area contributed by atoms with E-state index in [1.54, 1.807) is 0 Å². The summed E-state index contributed by atoms with van der Waals surface area (Å²) in [5.41, 5.74) is 0. The number of carbonyl (C=O) groups is 2. The fourth-order valence-corrected chi connectivity index (χ4v) is 3.18. The van der Waals surface area contributed by atoms with Crippen molar-refractivity contribution in [3.05, 3.63) is 12.2 Å². The molecule has 0 aromatic heterocycles. The minimum Gasteiger partial charge on any atom is -0.466 e. The fraction of sp³-hybridized carbons (Fsp3) is 0.833. The second kappa shape index (κ2) is 22.0. The molecule has 164 valence electrons. The number of hydrogen-bond acceptors (Lipinski definition) is 4. The van der Waals surface area contributed by atoms with Crippen LogP contribution in [0, 0.1) is 0 Å². The summed E-state index contributed by atoms with van der Waals surface area (Å²) in [4.78, 5) is 22.4. The number of hydrogen-bond donors (Lipinski definition) is 0. The van der Waals surface area contributed by atoms with Gasteiger partial charge in [-0.05, 0) is 52.4 Å². The van der Waals surface area contributed by atoms with Gasteiger partial charge in [0.25, 0.3) is 0 Å². The minimum atomic E-state index is -0.0540. The highest BCUT2D eigenvalue weighted by molar-refractivity contribution is 5.69. The lowest BCUT2D eigenvalue weighted by molar-refractivity contribution is -0.144. The number of unbranched alkanes of at least 4 members (excludes halogenated alkanes) is 12. The van der Waals surface area contributed by atoms with Crippen LogP contribution in [0.4, 0.5) is 0 Å². The third kappa shape index (κ3) is 21.0. The van der Waals surface area contributed by atoms with E-state index in [0.29, 0.717) is 26.1 Å². The summed E-state index contributed by atoms with van der Waals surface area (Å²) in [5.74, 6) is -0.108. The van der Waals surface area contributed by atoms with E-state index >= 15 is 0 Å². The molecule has 0 aliphatic rings. The van der Waals surface area contributed by atoms with Gasteiger partial charge in [-0.15, -0.1) is 0 Å². The molecule has 0 bridgehead atoms. The van der Waals surface area contributed by atoms with Gasteiger partial charge in [0.1, 0.15) is 0 Å². The standard InChI is InChI=1S/C24H44O4/c1-3-27-23(25)21-19-17-15-13-11-9-7-5-6-8-10-12-14-16-18-20-22-24(26)28-4-2/h5-6H,3-4,7-22H2,1-2H3/b6-5+. The maximum absolute atomic E-state index is 11.2. The largest absolute Gasteiger partial charge is 0.466 e. The van der Waals surface area contributed by atoms with E-state index in [1.807, 2.05) is 13.8 Å². The summed E-state index contributed by atoms with van der Waals surface area (Å²) in [6, 6.07) is 0. The Hall–Kier alpha value is -1.32. The van der Waals surface area contributed by atoms with E-state index in [4.69, 9.17) is 9.47 Å². The van der Waals surface area contributed by atoms with Crippen molar-refractivity contribution in [1.82, 2.24) is 0 Å². The van der Waals surface area contributed by atoms with Gasteiger partial charge in [0.05, 0.1) is 13.2 Å². The van der Waals surface area contributed by atoms with Gasteiger partial charge in [0.2, 0.25) is 0 Å². The van der Waals surface area contributed by atoms with Crippen LogP contribution in [-0.4, -0.2) is 25.2 Å². The smallest absolute Gasteiger partial charge is 0.305 e. The predicted molar refractivity (Wildman–Crippen MR) is 116 cm³/mol. The molecule has 0 radical (unpaired) electrons. The molecule has 28 heavy (non-hydrogen) atoms. The van der Waals surface area contributed by atoms with Crippen LogP contribution in [0.25, 0.3) is 0 Å². The highest BCUT2D eigenvalue weighted by atomic mass is 16.5. The Morgan fingerprint density at radius 1 is 0.536 bits per heavy atom. The lowest BCUT2D eigenvalue weighted by Crippen LogP contribution is -2.03. The molecule has 0 aliphatic carbocycles. The molecule has 0 aliphatic heterocycles. The molecular weight excluding hydrogens is 352 g/mol. The lowest BCUT2D eigenvalue weighted by Gasteiger charge is -2.02. The second-order valence-electron chi connectivity index (χ2n) is 7.40. The van der Waals surface area contributed by atoms with E-state index in [1.165, 1.54) is 64.2 Å². The van der Waals surface area contributed by atoms with Crippen LogP contribution in [-0.2, 0) is 19.1 Å². The van der Waals surface area contributed by atoms with Crippen LogP contribution >= 0.6 is 0 Å². The van der Waals surface area contributed by atoms with Crippen LogP contribution < -0.4 is 0 Å². The third-order valence-electron chi connectivity index (χ3n) is 4.78. The molecule has 0 spiro atoms. The Labute approximate surface area is 173 Å². The molecule has 0 N–H and O–H groups in total. The average Bonchev–Trinajstić information content (AvgIpc) is 2.67. The van der Waals surface area contributed by atoms with E-state index in [2.05, 4.69) is 12.2 Å². The van der Waals surface area contributed by atoms with Crippen LogP contribution in [0.5, 0.6) is 0 Å². The summed E-state index contributed by atoms with van der Waals surface area (Å²) in [6.07, 6.45) is 22.5. The van der Waals surface area contributed by atoms with Crippen molar-refractivity contribution in [2.45, 2.75) is 117 Å². The normalized spacial score (nSPS) is 11.1. The molecule has 4 heteroatoms. The zero-order chi connectivity index (χ0) is 20.7. The number of carbonyl (C=O) groups excluding carboxylic acids is 2. The van der Waals surface area contributed by atoms with Gasteiger partial charge in [0, 0.05) is 12.8 Å². The van der Waals surface area contributed by atoms with Crippen LogP contribution in [0.15, 0.2) is 12.2 Å². The molecular formula is C24H44O4. The van der Waals surface area contributed by atoms with Gasteiger partial charge >= 0.3 is 11.9 Å². The lowest BCUT2D eigenvalue weighted by atomic mass is 10.1. The molecule has 0 heterocycles. The van der Waals surface area contributed by atoms with Crippen molar-refractivity contribution in [3.8, 4) is 0 Å². The van der Waals surface area contributed by atoms with Crippen molar-refractivity contribution in [3.63, 3.8) is 0 Å². The first-order chi connectivity index (χ1) is 13.7. The van der Waals surface area contributed by atoms with E-state index in [9.17, 15) is 9.59 Å². The molecule has 0 rings (SSSR count). The van der Waals surface area contributed by atoms with Crippen LogP contribution in [0.3, 0.4) is 0 Å². The molecule has 0 saturated carbocycles. The van der Waals surface area contributed by atoms with Crippen molar-refractivity contribution < 1.29 is 19.1 Å². The Kier molecular flexibility index (Phi) is 20.9. The van der Waals surface area contributed by atoms with E-state index in [0.717, 1.165) is 25.7 Å². The Balaban J connectivity index is 3.18. The molecule has 0 aromatic rings. The summed E-state index contributed by atoms with van der Waals surface area (Å²) in [7, 11) is 0. The molecule has 0 unspecified atom stereocenters. The van der Waals surface area contributed by atoms with Crippen molar-refractivity contribution in [2.24, 2.45) is 0 Å². The molecule has 0 saturated heterocycles. The monoisotopic (exact) mass is 396 g/mol. The highest BCUT2D eigenvalue weighted by Crippen LogP contribution is 2.11. The Bertz CT molecular complexity index is 354. The summed E-state index contributed by atoms with van der Waals surface area (Å²) < 4.78 is 9.85. The molecule has 0 atom stereocenters. The maximum Gasteiger partial charge on any atom is 0.305 e. The molecule has 4 nitrogen and oxygen atoms in total. The zero-order valence-electron chi connectivity index (χ0n) is 18.5. The van der Waals surface area contributed by atoms with Crippen molar-refractivity contribution in [2.75, 3.05) is 13.2 Å². The summed E-state index contributed by atoms with van der Waals surface area (Å²) >= 11 is 0. The molecule has 0 fully saturated rings. The number of allylic oxidation sites excluding steroid dienone is 2. The third-order valence-corrected chi connectivity index (χ3v) is 4.78. The SMILES string of the molecule is CCOC(=O)CCCCCCCC/C=C/CCCCCCCCC(=O)OCC. The summed E-state index contributed by atoms with van der Waals surface area (Å²) in [6.45, 7) is 4.69. The van der Waals surface area contributed by atoms with Gasteiger partial charge in [-0.2, -0.15) is 0 Å². The number of esters is 2. The molecule has 0 amide bonds. The van der Waals surface area contributed by atoms with E-state index in [-0.39, 0.29) is 11.9 Å². The number of ether oxygens (including phenoxy) is 2. The predicted octanol–water partition coefficient (Wildman–Crippen LogP) is 6.91. The van der Waals surface area contributed by atoms with Gasteiger partial charge in [-0.25, -0.2) is 0 Å². The van der Waals surface area contributed by atoms with Gasteiger partial charge < -0.3 is 9.47 Å². The van der Waals surface area contributed by atoms with Crippen molar-refractivity contribution in [1.29, 1.82) is 0 Å². The second-order valence-corrected chi connectivity index (χ2v) is 7.40. The first-order valence-corrected chi connectivity index (χ1v) is 11.7. The molecule has 0 aromatic carbocycles. The first-order valence-electron chi connectivity index (χ1n) is 11.7. The van der Waals surface area contributed by atoms with E-state index < -0.39 is 0 Å². The minimum absolute atomic E-state index is 0.0540. The number of rotatable bonds is 20. The Morgan fingerprint density at radius 2 is 0.857 bits per heavy atom. The zero-order valence-corrected chi connectivity index (χ0v) is 18.5. The average molecular weight is 397 g/mol. The quantitative estimate of drug-likeness (QED) is 0.127. The van der Waals surface area contributed by atoms with Crippen LogP contribution in [0.1, 0.15) is 117 Å². The van der Waals surface area contributed by atoms with Gasteiger partial charge in [0.15, 0.2) is 0 Å². The first kappa shape index (κ1) is 26.7.